The van der Waals surface area contributed by atoms with E-state index in [0.717, 1.165) is 12.1 Å². The highest BCUT2D eigenvalue weighted by Gasteiger charge is 2.16. The summed E-state index contributed by atoms with van der Waals surface area (Å²) in [5.41, 5.74) is -0.0576. The van der Waals surface area contributed by atoms with Gasteiger partial charge in [-0.3, -0.25) is 0 Å². The third-order valence-electron chi connectivity index (χ3n) is 2.72. The fourth-order valence-electron chi connectivity index (χ4n) is 1.80. The zero-order chi connectivity index (χ0) is 14.9. The highest BCUT2D eigenvalue weighted by molar-refractivity contribution is 6.31. The van der Waals surface area contributed by atoms with Gasteiger partial charge in [0.2, 0.25) is 0 Å². The Morgan fingerprint density at radius 3 is 2.10 bits per heavy atom. The number of carbonyl (C=O) groups is 2. The monoisotopic (exact) mass is 294 g/mol. The largest absolute Gasteiger partial charge is 0.478 e. The maximum Gasteiger partial charge on any atom is 0.338 e. The molecule has 0 atom stereocenters. The first-order valence-corrected chi connectivity index (χ1v) is 5.84. The standard InChI is InChI=1S/C14H8ClFO4/c15-8-2-4-9(13(17)18)11(6-8)7-1-3-10(14(19)20)12(16)5-7/h1-6H,(H,17,18)(H,19,20). The van der Waals surface area contributed by atoms with Gasteiger partial charge in [-0.1, -0.05) is 17.7 Å². The summed E-state index contributed by atoms with van der Waals surface area (Å²) in [4.78, 5) is 21.9. The third kappa shape index (κ3) is 2.62. The normalized spacial score (nSPS) is 10.3. The lowest BCUT2D eigenvalue weighted by molar-refractivity contribution is 0.0683. The maximum atomic E-state index is 13.7. The predicted octanol–water partition coefficient (Wildman–Crippen LogP) is 3.54. The van der Waals surface area contributed by atoms with Crippen molar-refractivity contribution in [1.29, 1.82) is 0 Å². The molecule has 0 aliphatic rings. The van der Waals surface area contributed by atoms with Crippen molar-refractivity contribution in [3.05, 3.63) is 58.4 Å². The second kappa shape index (κ2) is 5.30. The minimum absolute atomic E-state index is 0.0446. The van der Waals surface area contributed by atoms with E-state index in [1.54, 1.807) is 0 Å². The van der Waals surface area contributed by atoms with Crippen LogP contribution in [0.4, 0.5) is 4.39 Å². The highest BCUT2D eigenvalue weighted by Crippen LogP contribution is 2.28. The summed E-state index contributed by atoms with van der Waals surface area (Å²) in [6, 6.07) is 7.51. The van der Waals surface area contributed by atoms with Gasteiger partial charge in [0.15, 0.2) is 0 Å². The van der Waals surface area contributed by atoms with E-state index in [9.17, 15) is 14.0 Å². The average molecular weight is 295 g/mol. The highest BCUT2D eigenvalue weighted by atomic mass is 35.5. The van der Waals surface area contributed by atoms with Gasteiger partial charge in [-0.15, -0.1) is 0 Å². The third-order valence-corrected chi connectivity index (χ3v) is 2.96. The van der Waals surface area contributed by atoms with E-state index in [1.165, 1.54) is 24.3 Å². The number of hydrogen-bond donors (Lipinski definition) is 2. The van der Waals surface area contributed by atoms with E-state index in [4.69, 9.17) is 21.8 Å². The molecule has 0 heterocycles. The second-order valence-electron chi connectivity index (χ2n) is 3.99. The summed E-state index contributed by atoms with van der Waals surface area (Å²) in [7, 11) is 0. The zero-order valence-electron chi connectivity index (χ0n) is 9.93. The molecule has 0 spiro atoms. The number of carboxylic acid groups (broad SMARTS) is 2. The van der Waals surface area contributed by atoms with Crippen LogP contribution in [0.2, 0.25) is 5.02 Å². The SMILES string of the molecule is O=C(O)c1ccc(-c2cc(Cl)ccc2C(=O)O)cc1F. The van der Waals surface area contributed by atoms with Crippen LogP contribution in [0.1, 0.15) is 20.7 Å². The van der Waals surface area contributed by atoms with Crippen LogP contribution in [-0.4, -0.2) is 22.2 Å². The van der Waals surface area contributed by atoms with Crippen LogP contribution in [-0.2, 0) is 0 Å². The lowest BCUT2D eigenvalue weighted by Gasteiger charge is -2.08. The van der Waals surface area contributed by atoms with E-state index >= 15 is 0 Å². The summed E-state index contributed by atoms with van der Waals surface area (Å²) in [5, 5.41) is 18.2. The Labute approximate surface area is 118 Å². The van der Waals surface area contributed by atoms with Crippen LogP contribution in [0, 0.1) is 5.82 Å². The van der Waals surface area contributed by atoms with Gasteiger partial charge in [-0.05, 0) is 41.5 Å². The molecule has 0 fully saturated rings. The molecule has 0 radical (unpaired) electrons. The molecule has 2 rings (SSSR count). The fraction of sp³-hybridized carbons (Fsp3) is 0. The van der Waals surface area contributed by atoms with Gasteiger partial charge in [0, 0.05) is 5.02 Å². The van der Waals surface area contributed by atoms with Crippen LogP contribution in [0.5, 0.6) is 0 Å². The molecule has 2 N–H and O–H groups in total. The quantitative estimate of drug-likeness (QED) is 0.908. The Morgan fingerprint density at radius 1 is 0.950 bits per heavy atom. The van der Waals surface area contributed by atoms with Gasteiger partial charge >= 0.3 is 11.9 Å². The van der Waals surface area contributed by atoms with E-state index in [-0.39, 0.29) is 16.7 Å². The van der Waals surface area contributed by atoms with Crippen molar-refractivity contribution >= 4 is 23.5 Å². The first kappa shape index (κ1) is 14.0. The van der Waals surface area contributed by atoms with Crippen molar-refractivity contribution in [3.8, 4) is 11.1 Å². The van der Waals surface area contributed by atoms with Crippen LogP contribution < -0.4 is 0 Å². The summed E-state index contributed by atoms with van der Waals surface area (Å²) in [5.74, 6) is -3.51. The van der Waals surface area contributed by atoms with E-state index in [0.29, 0.717) is 5.02 Å². The number of hydrogen-bond acceptors (Lipinski definition) is 2. The average Bonchev–Trinajstić information content (AvgIpc) is 2.37. The molecule has 0 aliphatic carbocycles. The topological polar surface area (TPSA) is 74.6 Å². The molecule has 2 aromatic carbocycles. The zero-order valence-corrected chi connectivity index (χ0v) is 10.7. The van der Waals surface area contributed by atoms with Crippen molar-refractivity contribution in [2.75, 3.05) is 0 Å². The molecule has 0 amide bonds. The van der Waals surface area contributed by atoms with Gasteiger partial charge in [-0.2, -0.15) is 0 Å². The van der Waals surface area contributed by atoms with Crippen LogP contribution in [0.15, 0.2) is 36.4 Å². The van der Waals surface area contributed by atoms with Gasteiger partial charge in [0.05, 0.1) is 11.1 Å². The maximum absolute atomic E-state index is 13.7. The van der Waals surface area contributed by atoms with Gasteiger partial charge in [0.25, 0.3) is 0 Å². The lowest BCUT2D eigenvalue weighted by Crippen LogP contribution is -2.02. The smallest absolute Gasteiger partial charge is 0.338 e. The Bertz CT molecular complexity index is 712. The van der Waals surface area contributed by atoms with Crippen LogP contribution in [0.25, 0.3) is 11.1 Å². The molecule has 0 aliphatic heterocycles. The molecule has 0 saturated carbocycles. The van der Waals surface area contributed by atoms with Crippen molar-refractivity contribution in [3.63, 3.8) is 0 Å². The molecule has 0 aromatic heterocycles. The Morgan fingerprint density at radius 2 is 1.55 bits per heavy atom. The first-order chi connectivity index (χ1) is 9.40. The minimum atomic E-state index is -1.39. The summed E-state index contributed by atoms with van der Waals surface area (Å²) in [6.45, 7) is 0. The van der Waals surface area contributed by atoms with Crippen molar-refractivity contribution in [2.24, 2.45) is 0 Å². The van der Waals surface area contributed by atoms with Gasteiger partial charge in [-0.25, -0.2) is 14.0 Å². The number of carboxylic acids is 2. The molecule has 0 bridgehead atoms. The molecule has 4 nitrogen and oxygen atoms in total. The van der Waals surface area contributed by atoms with Crippen molar-refractivity contribution < 1.29 is 24.2 Å². The van der Waals surface area contributed by atoms with Gasteiger partial charge < -0.3 is 10.2 Å². The predicted molar refractivity (Wildman–Crippen MR) is 70.8 cm³/mol. The molecular formula is C14H8ClFO4. The Balaban J connectivity index is 2.62. The molecule has 102 valence electrons. The van der Waals surface area contributed by atoms with Crippen LogP contribution >= 0.6 is 11.6 Å². The Hall–Kier alpha value is -2.40. The number of rotatable bonds is 3. The number of benzene rings is 2. The lowest BCUT2D eigenvalue weighted by atomic mass is 9.98. The van der Waals surface area contributed by atoms with E-state index in [1.807, 2.05) is 0 Å². The first-order valence-electron chi connectivity index (χ1n) is 5.46. The number of halogens is 2. The molecule has 2 aromatic rings. The molecule has 6 heteroatoms. The fourth-order valence-corrected chi connectivity index (χ4v) is 1.97. The van der Waals surface area contributed by atoms with E-state index in [2.05, 4.69) is 0 Å². The summed E-state index contributed by atoms with van der Waals surface area (Å²) >= 11 is 5.81. The summed E-state index contributed by atoms with van der Waals surface area (Å²) in [6.07, 6.45) is 0. The minimum Gasteiger partial charge on any atom is -0.478 e. The number of aromatic carboxylic acids is 2. The summed E-state index contributed by atoms with van der Waals surface area (Å²) < 4.78 is 13.7. The Kier molecular flexibility index (Phi) is 3.72. The molecule has 20 heavy (non-hydrogen) atoms. The van der Waals surface area contributed by atoms with E-state index < -0.39 is 23.3 Å². The molecule has 0 saturated heterocycles. The van der Waals surface area contributed by atoms with Crippen LogP contribution in [0.3, 0.4) is 0 Å². The van der Waals surface area contributed by atoms with Crippen molar-refractivity contribution in [1.82, 2.24) is 0 Å². The molecule has 0 unspecified atom stereocenters. The van der Waals surface area contributed by atoms with Gasteiger partial charge in [0.1, 0.15) is 5.82 Å². The van der Waals surface area contributed by atoms with Crippen molar-refractivity contribution in [2.45, 2.75) is 0 Å². The second-order valence-corrected chi connectivity index (χ2v) is 4.43. The molecular weight excluding hydrogens is 287 g/mol.